The van der Waals surface area contributed by atoms with E-state index in [4.69, 9.17) is 14.2 Å². The van der Waals surface area contributed by atoms with Gasteiger partial charge in [-0.3, -0.25) is 19.1 Å². The molecule has 0 unspecified atom stereocenters. The van der Waals surface area contributed by atoms with Gasteiger partial charge in [0.05, 0.1) is 25.4 Å². The molecule has 1 N–H and O–H groups in total. The number of rotatable bonds is 7. The van der Waals surface area contributed by atoms with Crippen LogP contribution in [0.5, 0.6) is 5.75 Å². The molecule has 198 valence electrons. The number of carbonyl (C=O) groups is 2. The summed E-state index contributed by atoms with van der Waals surface area (Å²) in [4.78, 5) is 44.9. The fourth-order valence-corrected chi connectivity index (χ4v) is 4.48. The van der Waals surface area contributed by atoms with Crippen LogP contribution in [0.3, 0.4) is 0 Å². The summed E-state index contributed by atoms with van der Waals surface area (Å²) >= 11 is 0. The highest BCUT2D eigenvalue weighted by atomic mass is 19.1. The van der Waals surface area contributed by atoms with Crippen molar-refractivity contribution >= 4 is 17.7 Å². The number of ether oxygens (including phenoxy) is 3. The molecular weight excluding hydrogens is 495 g/mol. The minimum Gasteiger partial charge on any atom is -0.481 e. The number of amides is 2. The number of anilines is 1. The lowest BCUT2D eigenvalue weighted by Gasteiger charge is -2.32. The van der Waals surface area contributed by atoms with Crippen LogP contribution in [0.4, 0.5) is 14.9 Å². The Hall–Kier alpha value is -4.25. The molecule has 0 aliphatic carbocycles. The van der Waals surface area contributed by atoms with Gasteiger partial charge in [-0.2, -0.15) is 0 Å². The first kappa shape index (κ1) is 25.4. The predicted molar refractivity (Wildman–Crippen MR) is 135 cm³/mol. The Morgan fingerprint density at radius 1 is 1.13 bits per heavy atom. The van der Waals surface area contributed by atoms with E-state index in [0.717, 1.165) is 5.56 Å². The lowest BCUT2D eigenvalue weighted by molar-refractivity contribution is -0.0567. The van der Waals surface area contributed by atoms with Crippen molar-refractivity contribution in [3.05, 3.63) is 87.3 Å². The molecule has 1 saturated heterocycles. The van der Waals surface area contributed by atoms with Gasteiger partial charge >= 0.3 is 6.09 Å². The van der Waals surface area contributed by atoms with Gasteiger partial charge in [0.2, 0.25) is 5.75 Å². The molecule has 2 aromatic carbocycles. The molecule has 2 aliphatic rings. The monoisotopic (exact) mass is 522 g/mol. The molecule has 0 atom stereocenters. The number of hydrogen-bond acceptors (Lipinski definition) is 7. The summed E-state index contributed by atoms with van der Waals surface area (Å²) in [5.41, 5.74) is 0.0443. The van der Waals surface area contributed by atoms with Gasteiger partial charge in [-0.15, -0.1) is 0 Å². The van der Waals surface area contributed by atoms with Gasteiger partial charge in [-0.25, -0.2) is 14.2 Å². The second-order valence-electron chi connectivity index (χ2n) is 9.42. The van der Waals surface area contributed by atoms with E-state index in [1.807, 2.05) is 30.3 Å². The lowest BCUT2D eigenvalue weighted by atomic mass is 10.1. The highest BCUT2D eigenvalue weighted by molar-refractivity contribution is 5.95. The van der Waals surface area contributed by atoms with E-state index in [0.29, 0.717) is 23.7 Å². The average Bonchev–Trinajstić information content (AvgIpc) is 3.33. The van der Waals surface area contributed by atoms with E-state index < -0.39 is 29.0 Å². The average molecular weight is 523 g/mol. The Kier molecular flexibility index (Phi) is 6.85. The first-order valence-corrected chi connectivity index (χ1v) is 12.2. The SMILES string of the molecule is CC1(C)OCCn2c1nc(C(=O)NCc1ccc(F)cc1N1CCOC1=O)c(OCc1ccccc1)c2=O. The van der Waals surface area contributed by atoms with E-state index in [1.54, 1.807) is 13.8 Å². The summed E-state index contributed by atoms with van der Waals surface area (Å²) in [7, 11) is 0. The molecule has 0 bridgehead atoms. The Balaban J connectivity index is 1.47. The zero-order valence-electron chi connectivity index (χ0n) is 21.0. The standard InChI is InChI=1S/C27H27FN4O6/c1-27(2)25-30-21(22(24(34)32(25)11-13-38-27)37-16-17-6-4-3-5-7-17)23(33)29-15-18-8-9-19(28)14-20(18)31-10-12-36-26(31)35/h3-9,14H,10-13,15-16H2,1-2H3,(H,29,33). The number of hydrogen-bond donors (Lipinski definition) is 1. The Morgan fingerprint density at radius 2 is 1.92 bits per heavy atom. The minimum atomic E-state index is -0.898. The Bertz CT molecular complexity index is 1440. The molecule has 1 fully saturated rings. The third kappa shape index (κ3) is 4.97. The maximum atomic E-state index is 14.0. The number of aromatic nitrogens is 2. The second kappa shape index (κ2) is 10.3. The van der Waals surface area contributed by atoms with Crippen molar-refractivity contribution in [3.8, 4) is 5.75 Å². The Morgan fingerprint density at radius 3 is 2.66 bits per heavy atom. The number of cyclic esters (lactones) is 1. The van der Waals surface area contributed by atoms with Gasteiger partial charge in [0.1, 0.15) is 30.5 Å². The zero-order chi connectivity index (χ0) is 26.9. The number of nitrogens with zero attached hydrogens (tertiary/aromatic N) is 3. The molecule has 0 spiro atoms. The van der Waals surface area contributed by atoms with Crippen molar-refractivity contribution < 1.29 is 28.2 Å². The van der Waals surface area contributed by atoms with E-state index in [9.17, 15) is 18.8 Å². The number of fused-ring (bicyclic) bond motifs is 1. The van der Waals surface area contributed by atoms with Crippen LogP contribution in [-0.4, -0.2) is 41.3 Å². The predicted octanol–water partition coefficient (Wildman–Crippen LogP) is 3.11. The normalized spacial score (nSPS) is 16.1. The van der Waals surface area contributed by atoms with Crippen molar-refractivity contribution in [1.82, 2.24) is 14.9 Å². The summed E-state index contributed by atoms with van der Waals surface area (Å²) in [5, 5.41) is 2.74. The maximum Gasteiger partial charge on any atom is 0.414 e. The lowest BCUT2D eigenvalue weighted by Crippen LogP contribution is -2.43. The van der Waals surface area contributed by atoms with Gasteiger partial charge in [-0.05, 0) is 37.1 Å². The van der Waals surface area contributed by atoms with E-state index in [2.05, 4.69) is 10.3 Å². The van der Waals surface area contributed by atoms with Crippen LogP contribution in [0.1, 0.15) is 41.3 Å². The molecule has 10 nitrogen and oxygen atoms in total. The highest BCUT2D eigenvalue weighted by Gasteiger charge is 2.35. The molecule has 0 radical (unpaired) electrons. The first-order valence-electron chi connectivity index (χ1n) is 12.2. The minimum absolute atomic E-state index is 0.0592. The molecule has 3 aromatic rings. The highest BCUT2D eigenvalue weighted by Crippen LogP contribution is 2.29. The van der Waals surface area contributed by atoms with Crippen LogP contribution in [0.2, 0.25) is 0 Å². The Labute approximate surface area is 217 Å². The van der Waals surface area contributed by atoms with Crippen LogP contribution < -0.4 is 20.5 Å². The molecular formula is C27H27FN4O6. The summed E-state index contributed by atoms with van der Waals surface area (Å²) in [6, 6.07) is 13.2. The summed E-state index contributed by atoms with van der Waals surface area (Å²) < 4.78 is 32.1. The maximum absolute atomic E-state index is 14.0. The van der Waals surface area contributed by atoms with Crippen molar-refractivity contribution in [2.75, 3.05) is 24.7 Å². The number of halogens is 1. The van der Waals surface area contributed by atoms with Gasteiger partial charge in [-0.1, -0.05) is 36.4 Å². The third-order valence-corrected chi connectivity index (χ3v) is 6.42. The molecule has 2 aliphatic heterocycles. The fourth-order valence-electron chi connectivity index (χ4n) is 4.48. The molecule has 0 saturated carbocycles. The summed E-state index contributed by atoms with van der Waals surface area (Å²) in [5.74, 6) is -1.05. The van der Waals surface area contributed by atoms with E-state index in [-0.39, 0.29) is 44.3 Å². The van der Waals surface area contributed by atoms with Gasteiger partial charge in [0, 0.05) is 6.54 Å². The third-order valence-electron chi connectivity index (χ3n) is 6.42. The quantitative estimate of drug-likeness (QED) is 0.508. The molecule has 38 heavy (non-hydrogen) atoms. The van der Waals surface area contributed by atoms with E-state index in [1.165, 1.54) is 27.7 Å². The van der Waals surface area contributed by atoms with Crippen LogP contribution in [0, 0.1) is 5.82 Å². The van der Waals surface area contributed by atoms with Crippen molar-refractivity contribution in [2.24, 2.45) is 0 Å². The van der Waals surface area contributed by atoms with Crippen molar-refractivity contribution in [1.29, 1.82) is 0 Å². The van der Waals surface area contributed by atoms with Gasteiger partial charge < -0.3 is 19.5 Å². The van der Waals surface area contributed by atoms with Crippen LogP contribution >= 0.6 is 0 Å². The summed E-state index contributed by atoms with van der Waals surface area (Å²) in [6.45, 7) is 4.60. The topological polar surface area (TPSA) is 112 Å². The fraction of sp³-hybridized carbons (Fsp3) is 0.333. The number of benzene rings is 2. The van der Waals surface area contributed by atoms with Crippen molar-refractivity contribution in [2.45, 2.75) is 39.1 Å². The van der Waals surface area contributed by atoms with Crippen LogP contribution in [-0.2, 0) is 34.8 Å². The molecule has 3 heterocycles. The second-order valence-corrected chi connectivity index (χ2v) is 9.42. The van der Waals surface area contributed by atoms with Gasteiger partial charge in [0.25, 0.3) is 11.5 Å². The largest absolute Gasteiger partial charge is 0.481 e. The number of nitrogens with one attached hydrogen (secondary N) is 1. The zero-order valence-corrected chi connectivity index (χ0v) is 21.0. The smallest absolute Gasteiger partial charge is 0.414 e. The molecule has 11 heteroatoms. The van der Waals surface area contributed by atoms with Crippen LogP contribution in [0.15, 0.2) is 53.3 Å². The molecule has 5 rings (SSSR count). The van der Waals surface area contributed by atoms with Crippen LogP contribution in [0.25, 0.3) is 0 Å². The van der Waals surface area contributed by atoms with Crippen molar-refractivity contribution in [3.63, 3.8) is 0 Å². The van der Waals surface area contributed by atoms with E-state index >= 15 is 0 Å². The number of carbonyl (C=O) groups excluding carboxylic acids is 2. The molecule has 1 aromatic heterocycles. The van der Waals surface area contributed by atoms with Gasteiger partial charge in [0.15, 0.2) is 5.69 Å². The molecule has 2 amide bonds. The first-order chi connectivity index (χ1) is 18.2. The summed E-state index contributed by atoms with van der Waals surface area (Å²) in [6.07, 6.45) is -0.591.